The largest absolute Gasteiger partial charge is 0.357 e. The van der Waals surface area contributed by atoms with Crippen LogP contribution in [0.5, 0.6) is 0 Å². The molecule has 0 unspecified atom stereocenters. The zero-order valence-electron chi connectivity index (χ0n) is 15.0. The van der Waals surface area contributed by atoms with E-state index in [1.807, 2.05) is 19.1 Å². The first-order chi connectivity index (χ1) is 12.6. The van der Waals surface area contributed by atoms with Crippen LogP contribution in [-0.2, 0) is 12.0 Å². The van der Waals surface area contributed by atoms with Crippen molar-refractivity contribution in [1.29, 1.82) is 0 Å². The van der Waals surface area contributed by atoms with Crippen LogP contribution in [-0.4, -0.2) is 28.6 Å². The fraction of sp³-hybridized carbons (Fsp3) is 0.444. The van der Waals surface area contributed by atoms with Gasteiger partial charge in [-0.25, -0.2) is 9.98 Å². The van der Waals surface area contributed by atoms with E-state index >= 15 is 0 Å². The molecule has 0 amide bonds. The number of alkyl halides is 2. The van der Waals surface area contributed by atoms with Gasteiger partial charge in [0.25, 0.3) is 0 Å². The van der Waals surface area contributed by atoms with Crippen molar-refractivity contribution in [2.75, 3.05) is 13.1 Å². The Kier molecular flexibility index (Phi) is 8.02. The number of aliphatic imine (C=N–C) groups is 1. The Labute approximate surface area is 183 Å². The molecular weight excluding hydrogens is 531 g/mol. The van der Waals surface area contributed by atoms with E-state index in [-0.39, 0.29) is 41.8 Å². The molecule has 3 rings (SSSR count). The molecule has 0 aliphatic heterocycles. The second-order valence-electron chi connectivity index (χ2n) is 6.34. The van der Waals surface area contributed by atoms with Crippen molar-refractivity contribution in [2.24, 2.45) is 4.99 Å². The zero-order valence-corrected chi connectivity index (χ0v) is 18.9. The highest BCUT2D eigenvalue weighted by Gasteiger charge is 2.45. The van der Waals surface area contributed by atoms with Gasteiger partial charge >= 0.3 is 6.55 Å². The third-order valence-electron chi connectivity index (χ3n) is 4.57. The lowest BCUT2D eigenvalue weighted by Crippen LogP contribution is -2.41. The van der Waals surface area contributed by atoms with Gasteiger partial charge in [0, 0.05) is 35.4 Å². The lowest BCUT2D eigenvalue weighted by molar-refractivity contribution is 0.0671. The maximum Gasteiger partial charge on any atom is 0.319 e. The number of nitrogens with zero attached hydrogens (tertiary/aromatic N) is 3. The van der Waals surface area contributed by atoms with Crippen LogP contribution in [0.3, 0.4) is 0 Å². The van der Waals surface area contributed by atoms with E-state index < -0.39 is 6.55 Å². The first kappa shape index (κ1) is 22.1. The topological polar surface area (TPSA) is 54.2 Å². The minimum Gasteiger partial charge on any atom is -0.357 e. The molecule has 1 fully saturated rings. The molecule has 2 N–H and O–H groups in total. The average molecular weight is 554 g/mol. The minimum absolute atomic E-state index is 0. The Morgan fingerprint density at radius 1 is 1.33 bits per heavy atom. The Bertz CT molecular complexity index is 777. The van der Waals surface area contributed by atoms with Gasteiger partial charge in [-0.05, 0) is 31.4 Å². The number of imidazole rings is 1. The van der Waals surface area contributed by atoms with E-state index in [0.717, 1.165) is 28.4 Å². The summed E-state index contributed by atoms with van der Waals surface area (Å²) in [6.07, 6.45) is 4.85. The summed E-state index contributed by atoms with van der Waals surface area (Å²) in [5.74, 6) is 0.846. The van der Waals surface area contributed by atoms with Crippen molar-refractivity contribution >= 4 is 45.9 Å². The first-order valence-electron chi connectivity index (χ1n) is 8.63. The van der Waals surface area contributed by atoms with Gasteiger partial charge in [0.2, 0.25) is 0 Å². The number of aromatic nitrogens is 2. The molecule has 1 aliphatic carbocycles. The fourth-order valence-corrected chi connectivity index (χ4v) is 3.68. The average Bonchev–Trinajstić information content (AvgIpc) is 3.25. The summed E-state index contributed by atoms with van der Waals surface area (Å²) in [4.78, 5) is 8.38. The molecule has 9 heteroatoms. The van der Waals surface area contributed by atoms with Gasteiger partial charge in [-0.15, -0.1) is 24.0 Å². The maximum absolute atomic E-state index is 12.9. The Hall–Kier alpha value is -1.23. The van der Waals surface area contributed by atoms with Crippen LogP contribution in [0.1, 0.15) is 37.7 Å². The summed E-state index contributed by atoms with van der Waals surface area (Å²) in [6, 6.07) is 8.25. The summed E-state index contributed by atoms with van der Waals surface area (Å²) >= 11 is 3.63. The van der Waals surface area contributed by atoms with Gasteiger partial charge in [0.1, 0.15) is 12.4 Å². The third kappa shape index (κ3) is 5.40. The summed E-state index contributed by atoms with van der Waals surface area (Å²) in [6.45, 7) is 0.887. The summed E-state index contributed by atoms with van der Waals surface area (Å²) in [5.41, 5.74) is 1.38. The fourth-order valence-electron chi connectivity index (χ4n) is 2.97. The second kappa shape index (κ2) is 9.81. The molecule has 0 atom stereocenters. The van der Waals surface area contributed by atoms with Crippen LogP contribution in [0, 0.1) is 0 Å². The highest BCUT2D eigenvalue weighted by molar-refractivity contribution is 14.0. The Balaban J connectivity index is 0.00000261. The smallest absolute Gasteiger partial charge is 0.319 e. The molecule has 1 aromatic carbocycles. The van der Waals surface area contributed by atoms with Crippen LogP contribution < -0.4 is 10.6 Å². The summed E-state index contributed by atoms with van der Waals surface area (Å²) in [7, 11) is 0. The Morgan fingerprint density at radius 3 is 2.70 bits per heavy atom. The molecule has 0 bridgehead atoms. The van der Waals surface area contributed by atoms with Crippen LogP contribution in [0.25, 0.3) is 0 Å². The number of benzene rings is 1. The van der Waals surface area contributed by atoms with Crippen molar-refractivity contribution in [2.45, 2.75) is 38.3 Å². The molecule has 148 valence electrons. The molecule has 0 radical (unpaired) electrons. The molecule has 1 saturated carbocycles. The van der Waals surface area contributed by atoms with E-state index in [1.54, 1.807) is 0 Å². The third-order valence-corrected chi connectivity index (χ3v) is 5.27. The maximum atomic E-state index is 12.9. The SMILES string of the molecule is CCNC(=NCc1nccn1C(F)F)NCC1(c2ccccc2Br)CC1.I. The summed E-state index contributed by atoms with van der Waals surface area (Å²) < 4.78 is 27.8. The number of guanidine groups is 1. The molecular formula is C18H23BrF2IN5. The highest BCUT2D eigenvalue weighted by atomic mass is 127. The molecule has 1 aromatic heterocycles. The second-order valence-corrected chi connectivity index (χ2v) is 7.19. The number of halogens is 4. The quantitative estimate of drug-likeness (QED) is 0.303. The van der Waals surface area contributed by atoms with Crippen molar-refractivity contribution in [1.82, 2.24) is 20.2 Å². The summed E-state index contributed by atoms with van der Waals surface area (Å²) in [5, 5.41) is 6.52. The van der Waals surface area contributed by atoms with E-state index in [0.29, 0.717) is 12.5 Å². The van der Waals surface area contributed by atoms with Gasteiger partial charge < -0.3 is 10.6 Å². The van der Waals surface area contributed by atoms with Crippen molar-refractivity contribution in [3.05, 3.63) is 52.5 Å². The van der Waals surface area contributed by atoms with Gasteiger partial charge in [0.15, 0.2) is 5.96 Å². The normalized spacial score (nSPS) is 15.4. The molecule has 27 heavy (non-hydrogen) atoms. The van der Waals surface area contributed by atoms with E-state index in [2.05, 4.69) is 48.7 Å². The molecule has 0 saturated heterocycles. The van der Waals surface area contributed by atoms with E-state index in [1.165, 1.54) is 18.0 Å². The van der Waals surface area contributed by atoms with Crippen molar-refractivity contribution in [3.63, 3.8) is 0 Å². The van der Waals surface area contributed by atoms with Crippen LogP contribution in [0.2, 0.25) is 0 Å². The van der Waals surface area contributed by atoms with E-state index in [9.17, 15) is 8.78 Å². The minimum atomic E-state index is -2.61. The van der Waals surface area contributed by atoms with Gasteiger partial charge in [-0.3, -0.25) is 4.57 Å². The zero-order chi connectivity index (χ0) is 18.6. The van der Waals surface area contributed by atoms with Gasteiger partial charge in [-0.1, -0.05) is 34.1 Å². The molecule has 1 aliphatic rings. The Morgan fingerprint density at radius 2 is 2.07 bits per heavy atom. The van der Waals surface area contributed by atoms with Crippen LogP contribution in [0.15, 0.2) is 46.1 Å². The molecule has 1 heterocycles. The predicted octanol–water partition coefficient (Wildman–Crippen LogP) is 4.45. The highest BCUT2D eigenvalue weighted by Crippen LogP contribution is 2.49. The molecule has 0 spiro atoms. The van der Waals surface area contributed by atoms with Gasteiger partial charge in [0.05, 0.1) is 0 Å². The molecule has 5 nitrogen and oxygen atoms in total. The number of hydrogen-bond acceptors (Lipinski definition) is 2. The monoisotopic (exact) mass is 553 g/mol. The van der Waals surface area contributed by atoms with Crippen LogP contribution in [0.4, 0.5) is 8.78 Å². The van der Waals surface area contributed by atoms with Crippen LogP contribution >= 0.6 is 39.9 Å². The number of rotatable bonds is 7. The lowest BCUT2D eigenvalue weighted by Gasteiger charge is -2.20. The number of nitrogens with one attached hydrogen (secondary N) is 2. The van der Waals surface area contributed by atoms with Crippen molar-refractivity contribution in [3.8, 4) is 0 Å². The lowest BCUT2D eigenvalue weighted by atomic mass is 9.96. The predicted molar refractivity (Wildman–Crippen MR) is 117 cm³/mol. The van der Waals surface area contributed by atoms with Gasteiger partial charge in [-0.2, -0.15) is 8.78 Å². The standard InChI is InChI=1S/C18H22BrF2N5.HI/c1-2-22-17(24-11-15-23-9-10-26(15)16(20)21)25-12-18(7-8-18)13-5-3-4-6-14(13)19;/h3-6,9-10,16H,2,7-8,11-12H2,1H3,(H2,22,24,25);1H. The van der Waals surface area contributed by atoms with E-state index in [4.69, 9.17) is 0 Å². The first-order valence-corrected chi connectivity index (χ1v) is 9.42. The number of hydrogen-bond donors (Lipinski definition) is 2. The van der Waals surface area contributed by atoms with Crippen molar-refractivity contribution < 1.29 is 8.78 Å². The molecule has 2 aromatic rings.